The van der Waals surface area contributed by atoms with Gasteiger partial charge < -0.3 is 10.1 Å². The maximum atomic E-state index is 13.0. The number of aromatic nitrogens is 2. The first-order chi connectivity index (χ1) is 14.6. The molecule has 1 amide bonds. The molecule has 1 aliphatic carbocycles. The maximum Gasteiger partial charge on any atom is 0.341 e. The molecule has 0 spiro atoms. The highest BCUT2D eigenvalue weighted by molar-refractivity contribution is 8.00. The van der Waals surface area contributed by atoms with Crippen molar-refractivity contribution in [2.45, 2.75) is 49.8 Å². The Balaban J connectivity index is 1.56. The van der Waals surface area contributed by atoms with Crippen molar-refractivity contribution in [2.75, 3.05) is 11.9 Å². The van der Waals surface area contributed by atoms with Gasteiger partial charge in [-0.3, -0.25) is 4.79 Å². The van der Waals surface area contributed by atoms with Gasteiger partial charge in [0.1, 0.15) is 16.4 Å². The first kappa shape index (κ1) is 20.8. The van der Waals surface area contributed by atoms with Gasteiger partial charge in [-0.25, -0.2) is 14.8 Å². The molecule has 0 radical (unpaired) electrons. The molecule has 0 saturated heterocycles. The summed E-state index contributed by atoms with van der Waals surface area (Å²) in [5.74, 6) is -0.513. The predicted molar refractivity (Wildman–Crippen MR) is 120 cm³/mol. The summed E-state index contributed by atoms with van der Waals surface area (Å²) in [6.45, 7) is 3.94. The number of nitrogens with zero attached hydrogens (tertiary/aromatic N) is 2. The molecule has 30 heavy (non-hydrogen) atoms. The van der Waals surface area contributed by atoms with E-state index in [4.69, 9.17) is 4.74 Å². The zero-order valence-electron chi connectivity index (χ0n) is 16.9. The van der Waals surface area contributed by atoms with Crippen LogP contribution in [0.3, 0.4) is 0 Å². The number of rotatable bonds is 6. The van der Waals surface area contributed by atoms with Crippen molar-refractivity contribution < 1.29 is 14.3 Å². The Morgan fingerprint density at radius 1 is 1.23 bits per heavy atom. The number of carbonyl (C=O) groups excluding carboxylic acids is 2. The number of benzene rings is 1. The third-order valence-electron chi connectivity index (χ3n) is 5.05. The van der Waals surface area contributed by atoms with Gasteiger partial charge in [0, 0.05) is 10.3 Å². The monoisotopic (exact) mass is 441 g/mol. The molecule has 2 heterocycles. The zero-order valence-corrected chi connectivity index (χ0v) is 18.6. The molecular weight excluding hydrogens is 418 g/mol. The smallest absolute Gasteiger partial charge is 0.341 e. The van der Waals surface area contributed by atoms with Gasteiger partial charge in [-0.15, -0.1) is 11.3 Å². The first-order valence-electron chi connectivity index (χ1n) is 10.1. The summed E-state index contributed by atoms with van der Waals surface area (Å²) in [5.41, 5.74) is 2.43. The second-order valence-electron chi connectivity index (χ2n) is 7.08. The van der Waals surface area contributed by atoms with Gasteiger partial charge in [0.25, 0.3) is 0 Å². The molecule has 0 aliphatic heterocycles. The summed E-state index contributed by atoms with van der Waals surface area (Å²) < 4.78 is 5.27. The minimum absolute atomic E-state index is 0.160. The Morgan fingerprint density at radius 3 is 2.87 bits per heavy atom. The van der Waals surface area contributed by atoms with E-state index in [0.29, 0.717) is 17.2 Å². The standard InChI is InChI=1S/C22H23N3O3S2/c1-3-28-22(27)18-15-9-5-7-11-17(15)30-21(18)25-19(26)13(2)29-20-14-8-4-6-10-16(14)23-12-24-20/h4,6,8,10,12-13H,3,5,7,9,11H2,1-2H3,(H,25,26)/t13-/m0/s1. The van der Waals surface area contributed by atoms with Crippen LogP contribution in [0.2, 0.25) is 0 Å². The number of ether oxygens (including phenoxy) is 1. The lowest BCUT2D eigenvalue weighted by Gasteiger charge is -2.14. The quantitative estimate of drug-likeness (QED) is 0.334. The number of hydrogen-bond donors (Lipinski definition) is 1. The molecule has 1 atom stereocenters. The highest BCUT2D eigenvalue weighted by Gasteiger charge is 2.28. The molecule has 0 saturated carbocycles. The van der Waals surface area contributed by atoms with E-state index >= 15 is 0 Å². The number of anilines is 1. The normalized spacial score (nSPS) is 14.2. The van der Waals surface area contributed by atoms with E-state index in [9.17, 15) is 9.59 Å². The number of thioether (sulfide) groups is 1. The van der Waals surface area contributed by atoms with E-state index < -0.39 is 5.25 Å². The van der Waals surface area contributed by atoms with Crippen LogP contribution in [-0.4, -0.2) is 33.7 Å². The Morgan fingerprint density at radius 2 is 2.03 bits per heavy atom. The van der Waals surface area contributed by atoms with E-state index in [0.717, 1.165) is 47.2 Å². The van der Waals surface area contributed by atoms with Crippen molar-refractivity contribution in [1.82, 2.24) is 9.97 Å². The first-order valence-corrected chi connectivity index (χ1v) is 11.8. The van der Waals surface area contributed by atoms with Gasteiger partial charge in [0.15, 0.2) is 0 Å². The van der Waals surface area contributed by atoms with Crippen LogP contribution in [0.15, 0.2) is 35.6 Å². The van der Waals surface area contributed by atoms with Crippen LogP contribution in [0.1, 0.15) is 47.5 Å². The second kappa shape index (κ2) is 9.14. The molecule has 1 aromatic carbocycles. The van der Waals surface area contributed by atoms with Gasteiger partial charge in [0.2, 0.25) is 5.91 Å². The molecule has 3 aromatic rings. The molecule has 1 N–H and O–H groups in total. The summed E-state index contributed by atoms with van der Waals surface area (Å²) in [7, 11) is 0. The number of hydrogen-bond acceptors (Lipinski definition) is 7. The van der Waals surface area contributed by atoms with Crippen LogP contribution >= 0.6 is 23.1 Å². The molecule has 0 fully saturated rings. The maximum absolute atomic E-state index is 13.0. The number of thiophene rings is 1. The molecule has 4 rings (SSSR count). The van der Waals surface area contributed by atoms with Gasteiger partial charge in [-0.2, -0.15) is 0 Å². The summed E-state index contributed by atoms with van der Waals surface area (Å²) >= 11 is 2.89. The minimum Gasteiger partial charge on any atom is -0.462 e. The Kier molecular flexibility index (Phi) is 6.34. The number of carbonyl (C=O) groups is 2. The number of amides is 1. The molecule has 2 aromatic heterocycles. The van der Waals surface area contributed by atoms with E-state index in [1.165, 1.54) is 34.3 Å². The van der Waals surface area contributed by atoms with Crippen molar-refractivity contribution in [3.8, 4) is 0 Å². The van der Waals surface area contributed by atoms with Crippen molar-refractivity contribution in [2.24, 2.45) is 0 Å². The topological polar surface area (TPSA) is 81.2 Å². The lowest BCUT2D eigenvalue weighted by Crippen LogP contribution is -2.23. The second-order valence-corrected chi connectivity index (χ2v) is 9.52. The average Bonchev–Trinajstić information content (AvgIpc) is 3.12. The highest BCUT2D eigenvalue weighted by atomic mass is 32.2. The lowest BCUT2D eigenvalue weighted by molar-refractivity contribution is -0.115. The third kappa shape index (κ3) is 4.20. The van der Waals surface area contributed by atoms with E-state index in [2.05, 4.69) is 15.3 Å². The van der Waals surface area contributed by atoms with Crippen molar-refractivity contribution in [3.05, 3.63) is 46.6 Å². The fraction of sp³-hybridized carbons (Fsp3) is 0.364. The predicted octanol–water partition coefficient (Wildman–Crippen LogP) is 4.87. The summed E-state index contributed by atoms with van der Waals surface area (Å²) in [4.78, 5) is 35.4. The summed E-state index contributed by atoms with van der Waals surface area (Å²) in [6, 6.07) is 7.74. The number of nitrogens with one attached hydrogen (secondary N) is 1. The van der Waals surface area contributed by atoms with Crippen molar-refractivity contribution >= 4 is 50.9 Å². The van der Waals surface area contributed by atoms with Gasteiger partial charge in [0.05, 0.1) is 22.9 Å². The average molecular weight is 442 g/mol. The van der Waals surface area contributed by atoms with Crippen LogP contribution in [0, 0.1) is 0 Å². The third-order valence-corrected chi connectivity index (χ3v) is 7.37. The number of para-hydroxylation sites is 1. The van der Waals surface area contributed by atoms with Crippen LogP contribution in [0.4, 0.5) is 5.00 Å². The summed E-state index contributed by atoms with van der Waals surface area (Å²) in [5, 5.41) is 4.88. The Bertz CT molecular complexity index is 1090. The van der Waals surface area contributed by atoms with Crippen molar-refractivity contribution in [1.29, 1.82) is 0 Å². The molecule has 156 valence electrons. The number of esters is 1. The van der Waals surface area contributed by atoms with Gasteiger partial charge in [-0.05, 0) is 51.2 Å². The molecule has 1 aliphatic rings. The number of fused-ring (bicyclic) bond motifs is 2. The molecule has 8 heteroatoms. The van der Waals surface area contributed by atoms with E-state index in [1.807, 2.05) is 31.2 Å². The molecule has 0 bridgehead atoms. The van der Waals surface area contributed by atoms with Crippen LogP contribution in [-0.2, 0) is 22.4 Å². The van der Waals surface area contributed by atoms with Gasteiger partial charge in [-0.1, -0.05) is 30.0 Å². The fourth-order valence-corrected chi connectivity index (χ4v) is 5.77. The Labute approximate surface area is 183 Å². The van der Waals surface area contributed by atoms with Crippen LogP contribution in [0.25, 0.3) is 10.9 Å². The number of aryl methyl sites for hydroxylation is 1. The largest absolute Gasteiger partial charge is 0.462 e. The van der Waals surface area contributed by atoms with Gasteiger partial charge >= 0.3 is 5.97 Å². The minimum atomic E-state index is -0.391. The van der Waals surface area contributed by atoms with E-state index in [-0.39, 0.29) is 11.9 Å². The Hall–Kier alpha value is -2.45. The van der Waals surface area contributed by atoms with Crippen molar-refractivity contribution in [3.63, 3.8) is 0 Å². The molecule has 6 nitrogen and oxygen atoms in total. The SMILES string of the molecule is CCOC(=O)c1c(NC(=O)[C@H](C)Sc2ncnc3ccccc23)sc2c1CCCC2. The highest BCUT2D eigenvalue weighted by Crippen LogP contribution is 2.39. The van der Waals surface area contributed by atoms with E-state index in [1.54, 1.807) is 6.92 Å². The van der Waals surface area contributed by atoms with Crippen LogP contribution < -0.4 is 5.32 Å². The summed E-state index contributed by atoms with van der Waals surface area (Å²) in [6.07, 6.45) is 5.47. The lowest BCUT2D eigenvalue weighted by atomic mass is 9.95. The fourth-order valence-electron chi connectivity index (χ4n) is 3.58. The van der Waals surface area contributed by atoms with Crippen LogP contribution in [0.5, 0.6) is 0 Å². The zero-order chi connectivity index (χ0) is 21.1. The molecule has 0 unspecified atom stereocenters. The molecular formula is C22H23N3O3S2.